The van der Waals surface area contributed by atoms with Crippen LogP contribution in [0, 0.1) is 5.82 Å². The standard InChI is InChI=1S/C19H18FN7/c20-14-5-2-1-4-13(14)11-21-18-16-6-3-9-27(16)26-19(23-18)22-17-10-15(24-25-17)12-7-8-12/h1-6,9-10,12H,7-8,11H2,(H3,21,22,23,24,25,26). The highest BCUT2D eigenvalue weighted by Crippen LogP contribution is 2.39. The molecular formula is C19H18FN7. The summed E-state index contributed by atoms with van der Waals surface area (Å²) < 4.78 is 15.6. The molecule has 1 aromatic carbocycles. The van der Waals surface area contributed by atoms with Gasteiger partial charge in [-0.15, -0.1) is 5.10 Å². The summed E-state index contributed by atoms with van der Waals surface area (Å²) >= 11 is 0. The van der Waals surface area contributed by atoms with Crippen molar-refractivity contribution in [2.45, 2.75) is 25.3 Å². The minimum Gasteiger partial charge on any atom is -0.364 e. The van der Waals surface area contributed by atoms with Gasteiger partial charge in [-0.3, -0.25) is 5.10 Å². The Balaban J connectivity index is 1.41. The zero-order chi connectivity index (χ0) is 18.2. The Hall–Kier alpha value is -3.42. The second kappa shape index (κ2) is 6.39. The Kier molecular flexibility index (Phi) is 3.74. The number of aromatic amines is 1. The Morgan fingerprint density at radius 2 is 2.07 bits per heavy atom. The van der Waals surface area contributed by atoms with Gasteiger partial charge >= 0.3 is 0 Å². The third-order valence-corrected chi connectivity index (χ3v) is 4.65. The summed E-state index contributed by atoms with van der Waals surface area (Å²) in [5.41, 5.74) is 2.53. The van der Waals surface area contributed by atoms with Crippen LogP contribution in [0.4, 0.5) is 22.0 Å². The molecule has 1 aliphatic rings. The molecule has 1 fully saturated rings. The average molecular weight is 363 g/mol. The predicted molar refractivity (Wildman–Crippen MR) is 101 cm³/mol. The SMILES string of the molecule is Fc1ccccc1CNc1nc(Nc2cc(C3CC3)[nH]n2)nn2cccc12. The average Bonchev–Trinajstić information content (AvgIpc) is 3.23. The maximum absolute atomic E-state index is 13.9. The Morgan fingerprint density at radius 1 is 1.19 bits per heavy atom. The van der Waals surface area contributed by atoms with Gasteiger partial charge in [0.2, 0.25) is 5.95 Å². The number of fused-ring (bicyclic) bond motifs is 1. The number of hydrogen-bond acceptors (Lipinski definition) is 5. The fourth-order valence-electron chi connectivity index (χ4n) is 3.06. The van der Waals surface area contributed by atoms with Gasteiger partial charge in [0.25, 0.3) is 0 Å². The van der Waals surface area contributed by atoms with Crippen molar-refractivity contribution in [1.29, 1.82) is 0 Å². The van der Waals surface area contributed by atoms with E-state index in [1.165, 1.54) is 18.9 Å². The third-order valence-electron chi connectivity index (χ3n) is 4.65. The maximum Gasteiger partial charge on any atom is 0.248 e. The minimum atomic E-state index is -0.243. The Morgan fingerprint density at radius 3 is 2.93 bits per heavy atom. The number of aromatic nitrogens is 5. The van der Waals surface area contributed by atoms with Gasteiger partial charge in [0.05, 0.1) is 0 Å². The summed E-state index contributed by atoms with van der Waals surface area (Å²) in [6.45, 7) is 0.332. The lowest BCUT2D eigenvalue weighted by molar-refractivity contribution is 0.613. The monoisotopic (exact) mass is 363 g/mol. The fourth-order valence-corrected chi connectivity index (χ4v) is 3.06. The van der Waals surface area contributed by atoms with E-state index >= 15 is 0 Å². The van der Waals surface area contributed by atoms with Crippen molar-refractivity contribution >= 4 is 23.1 Å². The van der Waals surface area contributed by atoms with Crippen molar-refractivity contribution < 1.29 is 4.39 Å². The van der Waals surface area contributed by atoms with E-state index in [0.29, 0.717) is 35.6 Å². The number of nitrogens with zero attached hydrogens (tertiary/aromatic N) is 4. The lowest BCUT2D eigenvalue weighted by Crippen LogP contribution is -2.09. The summed E-state index contributed by atoms with van der Waals surface area (Å²) in [5.74, 6) is 2.08. The van der Waals surface area contributed by atoms with E-state index in [1.54, 1.807) is 16.6 Å². The maximum atomic E-state index is 13.9. The van der Waals surface area contributed by atoms with Crippen molar-refractivity contribution in [3.63, 3.8) is 0 Å². The first-order valence-corrected chi connectivity index (χ1v) is 8.91. The molecule has 0 aliphatic heterocycles. The van der Waals surface area contributed by atoms with Gasteiger partial charge in [0.15, 0.2) is 11.6 Å². The van der Waals surface area contributed by atoms with Gasteiger partial charge in [-0.25, -0.2) is 8.91 Å². The van der Waals surface area contributed by atoms with Crippen LogP contribution in [0.25, 0.3) is 5.52 Å². The first-order valence-electron chi connectivity index (χ1n) is 8.91. The number of rotatable bonds is 6. The molecule has 0 radical (unpaired) electrons. The molecule has 0 unspecified atom stereocenters. The van der Waals surface area contributed by atoms with Crippen LogP contribution in [0.15, 0.2) is 48.7 Å². The summed E-state index contributed by atoms with van der Waals surface area (Å²) in [4.78, 5) is 4.55. The van der Waals surface area contributed by atoms with Crippen LogP contribution in [-0.4, -0.2) is 24.8 Å². The van der Waals surface area contributed by atoms with E-state index in [9.17, 15) is 4.39 Å². The molecule has 5 rings (SSSR count). The number of nitrogens with one attached hydrogen (secondary N) is 3. The van der Waals surface area contributed by atoms with E-state index in [0.717, 1.165) is 11.2 Å². The third kappa shape index (κ3) is 3.21. The first-order chi connectivity index (χ1) is 13.3. The molecule has 0 bridgehead atoms. The molecule has 8 heteroatoms. The summed E-state index contributed by atoms with van der Waals surface area (Å²) in [5, 5.41) is 18.1. The highest BCUT2D eigenvalue weighted by Gasteiger charge is 2.25. The van der Waals surface area contributed by atoms with Gasteiger partial charge in [-0.1, -0.05) is 18.2 Å². The van der Waals surface area contributed by atoms with Crippen molar-refractivity contribution in [2.75, 3.05) is 10.6 Å². The molecular weight excluding hydrogens is 345 g/mol. The summed E-state index contributed by atoms with van der Waals surface area (Å²) in [6.07, 6.45) is 4.26. The Bertz CT molecular complexity index is 1100. The number of anilines is 3. The second-order valence-electron chi connectivity index (χ2n) is 6.67. The lowest BCUT2D eigenvalue weighted by atomic mass is 10.2. The van der Waals surface area contributed by atoms with Gasteiger partial charge in [-0.05, 0) is 31.0 Å². The molecule has 1 saturated carbocycles. The molecule has 0 amide bonds. The van der Waals surface area contributed by atoms with Crippen molar-refractivity contribution in [2.24, 2.45) is 0 Å². The molecule has 4 aromatic rings. The van der Waals surface area contributed by atoms with Crippen LogP contribution in [0.3, 0.4) is 0 Å². The molecule has 7 nitrogen and oxygen atoms in total. The molecule has 136 valence electrons. The van der Waals surface area contributed by atoms with Crippen LogP contribution < -0.4 is 10.6 Å². The first kappa shape index (κ1) is 15.8. The van der Waals surface area contributed by atoms with Gasteiger partial charge in [-0.2, -0.15) is 10.1 Å². The van der Waals surface area contributed by atoms with Gasteiger partial charge in [0, 0.05) is 36.0 Å². The normalized spacial score (nSPS) is 13.8. The predicted octanol–water partition coefficient (Wildman–Crippen LogP) is 3.82. The lowest BCUT2D eigenvalue weighted by Gasteiger charge is -2.10. The van der Waals surface area contributed by atoms with E-state index in [-0.39, 0.29) is 5.82 Å². The van der Waals surface area contributed by atoms with Crippen LogP contribution in [-0.2, 0) is 6.54 Å². The van der Waals surface area contributed by atoms with Crippen LogP contribution in [0.5, 0.6) is 0 Å². The van der Waals surface area contributed by atoms with Crippen molar-refractivity contribution in [1.82, 2.24) is 24.8 Å². The smallest absolute Gasteiger partial charge is 0.248 e. The number of H-pyrrole nitrogens is 1. The van der Waals surface area contributed by atoms with Gasteiger partial charge < -0.3 is 10.6 Å². The van der Waals surface area contributed by atoms with E-state index in [1.807, 2.05) is 30.5 Å². The number of halogens is 1. The molecule has 0 atom stereocenters. The highest BCUT2D eigenvalue weighted by molar-refractivity contribution is 5.69. The molecule has 0 spiro atoms. The van der Waals surface area contributed by atoms with Gasteiger partial charge in [0.1, 0.15) is 11.3 Å². The largest absolute Gasteiger partial charge is 0.364 e. The molecule has 3 N–H and O–H groups in total. The molecule has 1 aliphatic carbocycles. The number of benzene rings is 1. The Labute approximate surface area is 154 Å². The zero-order valence-corrected chi connectivity index (χ0v) is 14.5. The fraction of sp³-hybridized carbons (Fsp3) is 0.211. The molecule has 0 saturated heterocycles. The molecule has 3 heterocycles. The van der Waals surface area contributed by atoms with Crippen LogP contribution >= 0.6 is 0 Å². The quantitative estimate of drug-likeness (QED) is 0.485. The second-order valence-corrected chi connectivity index (χ2v) is 6.67. The minimum absolute atomic E-state index is 0.243. The molecule has 3 aromatic heterocycles. The zero-order valence-electron chi connectivity index (χ0n) is 14.5. The van der Waals surface area contributed by atoms with Crippen molar-refractivity contribution in [3.8, 4) is 0 Å². The van der Waals surface area contributed by atoms with E-state index in [2.05, 4.69) is 30.9 Å². The van der Waals surface area contributed by atoms with E-state index < -0.39 is 0 Å². The highest BCUT2D eigenvalue weighted by atomic mass is 19.1. The molecule has 27 heavy (non-hydrogen) atoms. The van der Waals surface area contributed by atoms with Crippen LogP contribution in [0.1, 0.15) is 30.0 Å². The summed E-state index contributed by atoms with van der Waals surface area (Å²) in [6, 6.07) is 12.5. The van der Waals surface area contributed by atoms with Crippen LogP contribution in [0.2, 0.25) is 0 Å². The van der Waals surface area contributed by atoms with E-state index in [4.69, 9.17) is 0 Å². The summed E-state index contributed by atoms with van der Waals surface area (Å²) in [7, 11) is 0. The van der Waals surface area contributed by atoms with Crippen molar-refractivity contribution in [3.05, 3.63) is 65.7 Å². The number of hydrogen-bond donors (Lipinski definition) is 3. The topological polar surface area (TPSA) is 82.9 Å².